The summed E-state index contributed by atoms with van der Waals surface area (Å²) in [5.74, 6) is -9.98. The Morgan fingerprint density at radius 3 is 2.21 bits per heavy atom. The van der Waals surface area contributed by atoms with E-state index in [4.69, 9.17) is 5.11 Å². The topological polar surface area (TPSA) is 92.7 Å². The number of amides is 1. The highest BCUT2D eigenvalue weighted by atomic mass is 19.3. The fourth-order valence-electron chi connectivity index (χ4n) is 0.975. The van der Waals surface area contributed by atoms with E-state index in [1.54, 1.807) is 0 Å². The van der Waals surface area contributed by atoms with Crippen LogP contribution in [0.25, 0.3) is 0 Å². The van der Waals surface area contributed by atoms with E-state index in [9.17, 15) is 31.9 Å². The molecule has 0 aliphatic carbocycles. The van der Waals surface area contributed by atoms with Gasteiger partial charge in [-0.2, -0.15) is 8.78 Å². The third kappa shape index (κ3) is 5.10. The van der Waals surface area contributed by atoms with Gasteiger partial charge in [-0.15, -0.1) is 0 Å². The lowest BCUT2D eigenvalue weighted by molar-refractivity contribution is -0.171. The molecule has 110 valence electrons. The number of esters is 1. The van der Waals surface area contributed by atoms with Gasteiger partial charge in [0.15, 0.2) is 0 Å². The zero-order chi connectivity index (χ0) is 15.2. The summed E-state index contributed by atoms with van der Waals surface area (Å²) in [4.78, 5) is 32.2. The van der Waals surface area contributed by atoms with Crippen LogP contribution in [0.1, 0.15) is 12.8 Å². The molecule has 0 bridgehead atoms. The minimum atomic E-state index is -5.00. The Morgan fingerprint density at radius 2 is 1.84 bits per heavy atom. The van der Waals surface area contributed by atoms with E-state index in [-0.39, 0.29) is 0 Å². The van der Waals surface area contributed by atoms with Gasteiger partial charge in [0.1, 0.15) is 6.04 Å². The lowest BCUT2D eigenvalue weighted by Crippen LogP contribution is -2.51. The SMILES string of the molecule is COC(=O)CCC(NC(=O)C(F)(F)C(F)F)C(=O)O. The minimum Gasteiger partial charge on any atom is -0.480 e. The van der Waals surface area contributed by atoms with Crippen LogP contribution in [0.4, 0.5) is 17.6 Å². The molecule has 0 aromatic rings. The minimum absolute atomic E-state index is 0.478. The van der Waals surface area contributed by atoms with E-state index in [0.29, 0.717) is 0 Å². The summed E-state index contributed by atoms with van der Waals surface area (Å²) in [6, 6.07) is -1.89. The van der Waals surface area contributed by atoms with Crippen molar-refractivity contribution in [3.05, 3.63) is 0 Å². The van der Waals surface area contributed by atoms with Gasteiger partial charge >= 0.3 is 24.3 Å². The number of carbonyl (C=O) groups excluding carboxylic acids is 2. The number of ether oxygens (including phenoxy) is 1. The average molecular weight is 289 g/mol. The van der Waals surface area contributed by atoms with Gasteiger partial charge in [0.2, 0.25) is 0 Å². The highest BCUT2D eigenvalue weighted by Crippen LogP contribution is 2.23. The molecule has 0 fully saturated rings. The maximum Gasteiger partial charge on any atom is 0.383 e. The lowest BCUT2D eigenvalue weighted by Gasteiger charge is -2.18. The molecule has 2 N–H and O–H groups in total. The molecule has 6 nitrogen and oxygen atoms in total. The van der Waals surface area contributed by atoms with Crippen molar-refractivity contribution >= 4 is 17.8 Å². The second-order valence-corrected chi connectivity index (χ2v) is 3.40. The van der Waals surface area contributed by atoms with Crippen molar-refractivity contribution < 1.29 is 41.8 Å². The summed E-state index contributed by atoms with van der Waals surface area (Å²) in [6.45, 7) is 0. The second kappa shape index (κ2) is 6.90. The first-order chi connectivity index (χ1) is 8.62. The molecule has 0 aliphatic heterocycles. The van der Waals surface area contributed by atoms with Crippen LogP contribution in [0, 0.1) is 0 Å². The monoisotopic (exact) mass is 289 g/mol. The molecule has 0 saturated carbocycles. The number of carbonyl (C=O) groups is 3. The molecular formula is C9H11F4NO5. The van der Waals surface area contributed by atoms with Gasteiger partial charge in [-0.05, 0) is 6.42 Å². The predicted octanol–water partition coefficient (Wildman–Crippen LogP) is 0.409. The number of hydrogen-bond donors (Lipinski definition) is 2. The summed E-state index contributed by atoms with van der Waals surface area (Å²) >= 11 is 0. The molecule has 0 aliphatic rings. The Kier molecular flexibility index (Phi) is 6.22. The number of methoxy groups -OCH3 is 1. The standard InChI is InChI=1S/C9H11F4NO5/c1-19-5(15)3-2-4(6(16)17)14-8(18)9(12,13)7(10)11/h4,7H,2-3H2,1H3,(H,14,18)(H,16,17). The Labute approximate surface area is 104 Å². The van der Waals surface area contributed by atoms with Gasteiger partial charge in [0, 0.05) is 6.42 Å². The number of halogens is 4. The third-order valence-electron chi connectivity index (χ3n) is 2.05. The summed E-state index contributed by atoms with van der Waals surface area (Å²) in [5.41, 5.74) is 0. The van der Waals surface area contributed by atoms with E-state index < -0.39 is 49.1 Å². The average Bonchev–Trinajstić information content (AvgIpc) is 2.32. The zero-order valence-electron chi connectivity index (χ0n) is 9.66. The van der Waals surface area contributed by atoms with Gasteiger partial charge in [0.25, 0.3) is 5.91 Å². The van der Waals surface area contributed by atoms with Crippen LogP contribution in [-0.4, -0.2) is 48.5 Å². The fourth-order valence-corrected chi connectivity index (χ4v) is 0.975. The first-order valence-corrected chi connectivity index (χ1v) is 4.89. The van der Waals surface area contributed by atoms with Crippen LogP contribution < -0.4 is 5.32 Å². The fraction of sp³-hybridized carbons (Fsp3) is 0.667. The van der Waals surface area contributed by atoms with Crippen molar-refractivity contribution in [3.63, 3.8) is 0 Å². The Bertz CT molecular complexity index is 361. The van der Waals surface area contributed by atoms with Gasteiger partial charge in [-0.25, -0.2) is 13.6 Å². The molecule has 0 spiro atoms. The zero-order valence-corrected chi connectivity index (χ0v) is 9.66. The van der Waals surface area contributed by atoms with Gasteiger partial charge in [-0.1, -0.05) is 0 Å². The number of hydrogen-bond acceptors (Lipinski definition) is 4. The van der Waals surface area contributed by atoms with E-state index in [1.165, 1.54) is 5.32 Å². The van der Waals surface area contributed by atoms with Crippen molar-refractivity contribution in [2.75, 3.05) is 7.11 Å². The van der Waals surface area contributed by atoms with E-state index in [1.807, 2.05) is 0 Å². The first kappa shape index (κ1) is 17.1. The molecule has 0 saturated heterocycles. The summed E-state index contributed by atoms with van der Waals surface area (Å²) in [6.07, 6.45) is -5.30. The van der Waals surface area contributed by atoms with Crippen LogP contribution in [0.2, 0.25) is 0 Å². The second-order valence-electron chi connectivity index (χ2n) is 3.40. The summed E-state index contributed by atoms with van der Waals surface area (Å²) < 4.78 is 53.0. The summed E-state index contributed by atoms with van der Waals surface area (Å²) in [7, 11) is 1.02. The number of carboxylic acid groups (broad SMARTS) is 1. The predicted molar refractivity (Wildman–Crippen MR) is 51.8 cm³/mol. The quantitative estimate of drug-likeness (QED) is 0.523. The number of aliphatic carboxylic acids is 1. The van der Waals surface area contributed by atoms with Gasteiger partial charge < -0.3 is 15.2 Å². The molecule has 0 radical (unpaired) electrons. The third-order valence-corrected chi connectivity index (χ3v) is 2.05. The number of nitrogens with one attached hydrogen (secondary N) is 1. The van der Waals surface area contributed by atoms with E-state index in [0.717, 1.165) is 7.11 Å². The van der Waals surface area contributed by atoms with Crippen molar-refractivity contribution in [3.8, 4) is 0 Å². The Morgan fingerprint density at radius 1 is 1.32 bits per heavy atom. The Balaban J connectivity index is 4.64. The molecule has 1 amide bonds. The van der Waals surface area contributed by atoms with Crippen LogP contribution in [0.3, 0.4) is 0 Å². The van der Waals surface area contributed by atoms with Crippen LogP contribution in [-0.2, 0) is 19.1 Å². The van der Waals surface area contributed by atoms with Crippen molar-refractivity contribution in [1.29, 1.82) is 0 Å². The van der Waals surface area contributed by atoms with Crippen LogP contribution in [0.5, 0.6) is 0 Å². The molecule has 1 atom stereocenters. The Hall–Kier alpha value is -1.87. The molecule has 0 aromatic heterocycles. The maximum absolute atomic E-state index is 12.6. The van der Waals surface area contributed by atoms with Crippen LogP contribution in [0.15, 0.2) is 0 Å². The molecular weight excluding hydrogens is 278 g/mol. The maximum atomic E-state index is 12.6. The van der Waals surface area contributed by atoms with Gasteiger partial charge in [0.05, 0.1) is 7.11 Å². The molecule has 19 heavy (non-hydrogen) atoms. The molecule has 0 rings (SSSR count). The smallest absolute Gasteiger partial charge is 0.383 e. The summed E-state index contributed by atoms with van der Waals surface area (Å²) in [5, 5.41) is 9.85. The van der Waals surface area contributed by atoms with Crippen molar-refractivity contribution in [2.24, 2.45) is 0 Å². The molecule has 1 unspecified atom stereocenters. The molecule has 0 aromatic carbocycles. The van der Waals surface area contributed by atoms with Gasteiger partial charge in [-0.3, -0.25) is 9.59 Å². The van der Waals surface area contributed by atoms with E-state index >= 15 is 0 Å². The molecule has 10 heteroatoms. The highest BCUT2D eigenvalue weighted by molar-refractivity contribution is 5.88. The number of rotatable bonds is 7. The largest absolute Gasteiger partial charge is 0.480 e. The number of alkyl halides is 4. The first-order valence-electron chi connectivity index (χ1n) is 4.89. The highest BCUT2D eigenvalue weighted by Gasteiger charge is 2.49. The number of carboxylic acids is 1. The normalized spacial score (nSPS) is 12.9. The van der Waals surface area contributed by atoms with Crippen LogP contribution >= 0.6 is 0 Å². The van der Waals surface area contributed by atoms with Crippen molar-refractivity contribution in [2.45, 2.75) is 31.2 Å². The lowest BCUT2D eigenvalue weighted by atomic mass is 10.1. The molecule has 0 heterocycles. The van der Waals surface area contributed by atoms with E-state index in [2.05, 4.69) is 4.74 Å². The van der Waals surface area contributed by atoms with Crippen molar-refractivity contribution in [1.82, 2.24) is 5.32 Å².